The molecular formula is C14H18N2O. The smallest absolute Gasteiger partial charge is 0.315 e. The van der Waals surface area contributed by atoms with E-state index in [1.54, 1.807) is 0 Å². The molecule has 0 saturated heterocycles. The van der Waals surface area contributed by atoms with Crippen molar-refractivity contribution in [1.29, 1.82) is 0 Å². The number of benzene rings is 1. The van der Waals surface area contributed by atoms with Crippen molar-refractivity contribution >= 4 is 11.7 Å². The summed E-state index contributed by atoms with van der Waals surface area (Å²) in [6.07, 6.45) is 2.33. The second-order valence-corrected chi connectivity index (χ2v) is 4.90. The minimum Gasteiger partial charge on any atom is -0.315 e. The fourth-order valence-corrected chi connectivity index (χ4v) is 2.78. The lowest BCUT2D eigenvalue weighted by Gasteiger charge is -2.41. The normalized spacial score (nSPS) is 23.9. The average molecular weight is 230 g/mol. The van der Waals surface area contributed by atoms with E-state index in [1.165, 1.54) is 5.56 Å². The van der Waals surface area contributed by atoms with Gasteiger partial charge in [0.2, 0.25) is 0 Å². The molecule has 0 spiro atoms. The summed E-state index contributed by atoms with van der Waals surface area (Å²) in [5.74, 6) is 0. The van der Waals surface area contributed by atoms with Gasteiger partial charge in [-0.25, -0.2) is 4.79 Å². The molecule has 0 radical (unpaired) electrons. The Morgan fingerprint density at radius 3 is 2.65 bits per heavy atom. The number of fused-ring (bicyclic) bond motifs is 1. The van der Waals surface area contributed by atoms with Crippen molar-refractivity contribution < 1.29 is 4.79 Å². The van der Waals surface area contributed by atoms with Gasteiger partial charge in [0, 0.05) is 12.6 Å². The topological polar surface area (TPSA) is 23.6 Å². The molecule has 1 aliphatic carbocycles. The molecule has 1 fully saturated rings. The minimum atomic E-state index is 0.182. The van der Waals surface area contributed by atoms with Crippen molar-refractivity contribution in [2.24, 2.45) is 0 Å². The molecule has 2 amide bonds. The predicted molar refractivity (Wildman–Crippen MR) is 68.1 cm³/mol. The molecule has 1 aromatic rings. The van der Waals surface area contributed by atoms with Gasteiger partial charge in [0.15, 0.2) is 0 Å². The lowest BCUT2D eigenvalue weighted by Crippen LogP contribution is -2.49. The number of urea groups is 1. The molecule has 1 saturated carbocycles. The molecule has 3 heteroatoms. The van der Waals surface area contributed by atoms with Crippen LogP contribution in [0.5, 0.6) is 0 Å². The van der Waals surface area contributed by atoms with E-state index in [0.717, 1.165) is 25.1 Å². The molecule has 0 bridgehead atoms. The fourth-order valence-electron chi connectivity index (χ4n) is 2.78. The molecule has 17 heavy (non-hydrogen) atoms. The molecule has 1 atom stereocenters. The monoisotopic (exact) mass is 230 g/mol. The van der Waals surface area contributed by atoms with E-state index in [-0.39, 0.29) is 12.1 Å². The number of anilines is 1. The van der Waals surface area contributed by atoms with Crippen LogP contribution in [0.4, 0.5) is 10.5 Å². The van der Waals surface area contributed by atoms with Gasteiger partial charge in [0.1, 0.15) is 0 Å². The number of carbonyl (C=O) groups excluding carboxylic acids is 1. The number of amides is 2. The number of hydrogen-bond acceptors (Lipinski definition) is 1. The Kier molecular flexibility index (Phi) is 2.35. The first-order chi connectivity index (χ1) is 8.24. The van der Waals surface area contributed by atoms with Crippen LogP contribution in [0.3, 0.4) is 0 Å². The molecular weight excluding hydrogens is 212 g/mol. The standard InChI is InChI=1S/C14H18N2O/c1-3-15-13-7-5-4-6-12(13)10(2)16(14(15)17)11-8-9-11/h4-7,10-11H,3,8-9H2,1-2H3. The number of carbonyl (C=O) groups is 1. The highest BCUT2D eigenvalue weighted by atomic mass is 16.2. The van der Waals surface area contributed by atoms with Crippen molar-refractivity contribution in [3.8, 4) is 0 Å². The molecule has 1 unspecified atom stereocenters. The van der Waals surface area contributed by atoms with Crippen molar-refractivity contribution in [2.45, 2.75) is 38.8 Å². The molecule has 1 aliphatic heterocycles. The second kappa shape index (κ2) is 3.76. The van der Waals surface area contributed by atoms with Gasteiger partial charge in [-0.3, -0.25) is 4.90 Å². The van der Waals surface area contributed by atoms with Crippen LogP contribution < -0.4 is 4.90 Å². The van der Waals surface area contributed by atoms with E-state index < -0.39 is 0 Å². The highest BCUT2D eigenvalue weighted by Crippen LogP contribution is 2.42. The maximum Gasteiger partial charge on any atom is 0.325 e. The first-order valence-electron chi connectivity index (χ1n) is 6.42. The number of nitrogens with zero attached hydrogens (tertiary/aromatic N) is 2. The van der Waals surface area contributed by atoms with Gasteiger partial charge in [-0.05, 0) is 38.3 Å². The molecule has 3 rings (SSSR count). The van der Waals surface area contributed by atoms with Gasteiger partial charge >= 0.3 is 6.03 Å². The maximum absolute atomic E-state index is 12.5. The lowest BCUT2D eigenvalue weighted by atomic mass is 10.0. The van der Waals surface area contributed by atoms with Crippen LogP contribution >= 0.6 is 0 Å². The highest BCUT2D eigenvalue weighted by molar-refractivity contribution is 5.95. The summed E-state index contributed by atoms with van der Waals surface area (Å²) in [6, 6.07) is 9.13. The maximum atomic E-state index is 12.5. The van der Waals surface area contributed by atoms with E-state index in [0.29, 0.717) is 6.04 Å². The predicted octanol–water partition coefficient (Wildman–Crippen LogP) is 3.17. The van der Waals surface area contributed by atoms with Gasteiger partial charge < -0.3 is 4.90 Å². The number of hydrogen-bond donors (Lipinski definition) is 0. The molecule has 3 nitrogen and oxygen atoms in total. The van der Waals surface area contributed by atoms with Gasteiger partial charge in [0.25, 0.3) is 0 Å². The highest BCUT2D eigenvalue weighted by Gasteiger charge is 2.42. The summed E-state index contributed by atoms with van der Waals surface area (Å²) in [5.41, 5.74) is 2.37. The third-order valence-electron chi connectivity index (χ3n) is 3.80. The third-order valence-corrected chi connectivity index (χ3v) is 3.80. The summed E-state index contributed by atoms with van der Waals surface area (Å²) >= 11 is 0. The van der Waals surface area contributed by atoms with Gasteiger partial charge in [0.05, 0.1) is 11.7 Å². The molecule has 1 heterocycles. The van der Waals surface area contributed by atoms with Crippen molar-refractivity contribution in [1.82, 2.24) is 4.90 Å². The zero-order valence-corrected chi connectivity index (χ0v) is 10.4. The van der Waals surface area contributed by atoms with Crippen molar-refractivity contribution in [3.05, 3.63) is 29.8 Å². The van der Waals surface area contributed by atoms with Crippen LogP contribution in [0.15, 0.2) is 24.3 Å². The first-order valence-corrected chi connectivity index (χ1v) is 6.42. The Bertz CT molecular complexity index is 453. The van der Waals surface area contributed by atoms with Crippen molar-refractivity contribution in [2.75, 3.05) is 11.4 Å². The molecule has 0 aromatic heterocycles. The Morgan fingerprint density at radius 2 is 2.00 bits per heavy atom. The number of rotatable bonds is 2. The third kappa shape index (κ3) is 1.53. The second-order valence-electron chi connectivity index (χ2n) is 4.90. The van der Waals surface area contributed by atoms with Crippen LogP contribution in [0, 0.1) is 0 Å². The molecule has 2 aliphatic rings. The van der Waals surface area contributed by atoms with E-state index in [1.807, 2.05) is 17.9 Å². The summed E-state index contributed by atoms with van der Waals surface area (Å²) in [5, 5.41) is 0. The molecule has 1 aromatic carbocycles. The largest absolute Gasteiger partial charge is 0.325 e. The quantitative estimate of drug-likeness (QED) is 0.765. The summed E-state index contributed by atoms with van der Waals surface area (Å²) < 4.78 is 0. The molecule has 90 valence electrons. The first kappa shape index (κ1) is 10.6. The van der Waals surface area contributed by atoms with Gasteiger partial charge in [-0.15, -0.1) is 0 Å². The summed E-state index contributed by atoms with van der Waals surface area (Å²) in [4.78, 5) is 16.4. The van der Waals surface area contributed by atoms with E-state index >= 15 is 0 Å². The number of para-hydroxylation sites is 1. The van der Waals surface area contributed by atoms with Crippen LogP contribution in [0.1, 0.15) is 38.3 Å². The van der Waals surface area contributed by atoms with Gasteiger partial charge in [-0.2, -0.15) is 0 Å². The van der Waals surface area contributed by atoms with E-state index in [2.05, 4.69) is 30.0 Å². The Morgan fingerprint density at radius 1 is 1.29 bits per heavy atom. The Hall–Kier alpha value is -1.51. The summed E-state index contributed by atoms with van der Waals surface area (Å²) in [7, 11) is 0. The van der Waals surface area contributed by atoms with Crippen molar-refractivity contribution in [3.63, 3.8) is 0 Å². The van der Waals surface area contributed by atoms with Crippen LogP contribution in [-0.4, -0.2) is 23.5 Å². The van der Waals surface area contributed by atoms with Crippen LogP contribution in [0.25, 0.3) is 0 Å². The SMILES string of the molecule is CCN1C(=O)N(C2CC2)C(C)c2ccccc21. The zero-order valence-electron chi connectivity index (χ0n) is 10.4. The Labute approximate surface area is 102 Å². The summed E-state index contributed by atoms with van der Waals surface area (Å²) in [6.45, 7) is 4.92. The van der Waals surface area contributed by atoms with Crippen LogP contribution in [0.2, 0.25) is 0 Å². The van der Waals surface area contributed by atoms with E-state index in [4.69, 9.17) is 0 Å². The fraction of sp³-hybridized carbons (Fsp3) is 0.500. The van der Waals surface area contributed by atoms with E-state index in [9.17, 15) is 4.79 Å². The molecule has 0 N–H and O–H groups in total. The zero-order chi connectivity index (χ0) is 12.0. The lowest BCUT2D eigenvalue weighted by molar-refractivity contribution is 0.177. The minimum absolute atomic E-state index is 0.182. The van der Waals surface area contributed by atoms with Gasteiger partial charge in [-0.1, -0.05) is 18.2 Å². The Balaban J connectivity index is 2.08. The van der Waals surface area contributed by atoms with Crippen LogP contribution in [-0.2, 0) is 0 Å². The average Bonchev–Trinajstić information content (AvgIpc) is 3.14.